The van der Waals surface area contributed by atoms with Gasteiger partial charge in [0, 0.05) is 5.71 Å². The molecule has 9 heavy (non-hydrogen) atoms. The van der Waals surface area contributed by atoms with Gasteiger partial charge in [-0.05, 0) is 19.3 Å². The van der Waals surface area contributed by atoms with Crippen molar-refractivity contribution >= 4 is 29.7 Å². The molecule has 0 rings (SSSR count). The van der Waals surface area contributed by atoms with Gasteiger partial charge in [0.15, 0.2) is 0 Å². The Morgan fingerprint density at radius 2 is 2.22 bits per heavy atom. The minimum absolute atomic E-state index is 0. The van der Waals surface area contributed by atoms with Crippen molar-refractivity contribution in [2.75, 3.05) is 5.88 Å². The lowest BCUT2D eigenvalue weighted by atomic mass is 10.1. The van der Waals surface area contributed by atoms with Gasteiger partial charge >= 0.3 is 0 Å². The standard InChI is InChI=1S/C6H11ClN.ClH/c1-3-5(2)6(8)4-7;/h5,8H,2-4H2,1H3;1H. The molecule has 0 aliphatic heterocycles. The summed E-state index contributed by atoms with van der Waals surface area (Å²) < 4.78 is 0. The summed E-state index contributed by atoms with van der Waals surface area (Å²) in [6, 6.07) is 0. The number of hydrogen-bond acceptors (Lipinski definition) is 1. The topological polar surface area (TPSA) is 23.9 Å². The maximum absolute atomic E-state index is 7.15. The smallest absolute Gasteiger partial charge is 0.0603 e. The monoisotopic (exact) mass is 168 g/mol. The predicted octanol–water partition coefficient (Wildman–Crippen LogP) is 2.53. The average Bonchev–Trinajstić information content (AvgIpc) is 1.84. The van der Waals surface area contributed by atoms with Crippen LogP contribution in [0, 0.1) is 18.3 Å². The number of nitrogens with one attached hydrogen (secondary N) is 1. The molecule has 0 heterocycles. The third-order valence-corrected chi connectivity index (χ3v) is 1.42. The highest BCUT2D eigenvalue weighted by Gasteiger charge is 2.02. The van der Waals surface area contributed by atoms with Crippen molar-refractivity contribution in [2.45, 2.75) is 13.3 Å². The van der Waals surface area contributed by atoms with Crippen molar-refractivity contribution in [1.82, 2.24) is 0 Å². The van der Waals surface area contributed by atoms with Crippen molar-refractivity contribution in [1.29, 1.82) is 5.41 Å². The molecule has 1 radical (unpaired) electrons. The molecule has 0 bridgehead atoms. The Labute approximate surface area is 67.7 Å². The Bertz CT molecular complexity index is 83.1. The molecule has 55 valence electrons. The quantitative estimate of drug-likeness (QED) is 0.495. The summed E-state index contributed by atoms with van der Waals surface area (Å²) in [7, 11) is 0. The molecular formula is C6H12Cl2N. The summed E-state index contributed by atoms with van der Waals surface area (Å²) >= 11 is 5.36. The van der Waals surface area contributed by atoms with Crippen molar-refractivity contribution in [2.24, 2.45) is 5.92 Å². The zero-order valence-corrected chi connectivity index (χ0v) is 7.06. The Morgan fingerprint density at radius 1 is 1.78 bits per heavy atom. The van der Waals surface area contributed by atoms with Crippen molar-refractivity contribution < 1.29 is 0 Å². The van der Waals surface area contributed by atoms with Gasteiger partial charge in [0.05, 0.1) is 5.88 Å². The van der Waals surface area contributed by atoms with Crippen LogP contribution in [-0.4, -0.2) is 11.6 Å². The maximum Gasteiger partial charge on any atom is 0.0603 e. The first-order chi connectivity index (χ1) is 3.72. The molecule has 0 saturated heterocycles. The zero-order chi connectivity index (χ0) is 6.57. The second-order valence-corrected chi connectivity index (χ2v) is 2.03. The molecule has 0 aliphatic rings. The third kappa shape index (κ3) is 4.73. The fourth-order valence-electron chi connectivity index (χ4n) is 0.356. The van der Waals surface area contributed by atoms with E-state index in [0.717, 1.165) is 6.42 Å². The number of halogens is 2. The van der Waals surface area contributed by atoms with E-state index in [1.807, 2.05) is 6.92 Å². The molecule has 3 heteroatoms. The SMILES string of the molecule is Cl.[CH2]C(CC)C(=N)CCl. The van der Waals surface area contributed by atoms with Gasteiger partial charge in [-0.1, -0.05) is 6.92 Å². The molecule has 1 N–H and O–H groups in total. The molecule has 0 aromatic rings. The Balaban J connectivity index is 0. The summed E-state index contributed by atoms with van der Waals surface area (Å²) in [5, 5.41) is 7.15. The molecule has 0 aliphatic carbocycles. The van der Waals surface area contributed by atoms with Gasteiger partial charge in [-0.2, -0.15) is 0 Å². The average molecular weight is 169 g/mol. The van der Waals surface area contributed by atoms with Gasteiger partial charge in [-0.3, -0.25) is 0 Å². The highest BCUT2D eigenvalue weighted by molar-refractivity contribution is 6.28. The van der Waals surface area contributed by atoms with Crippen molar-refractivity contribution in [3.8, 4) is 0 Å². The van der Waals surface area contributed by atoms with Crippen LogP contribution in [0.2, 0.25) is 0 Å². The summed E-state index contributed by atoms with van der Waals surface area (Å²) in [5.74, 6) is 0.439. The van der Waals surface area contributed by atoms with Crippen LogP contribution in [0.15, 0.2) is 0 Å². The van der Waals surface area contributed by atoms with Gasteiger partial charge in [0.1, 0.15) is 0 Å². The minimum atomic E-state index is 0. The molecule has 0 aromatic heterocycles. The molecule has 0 saturated carbocycles. The molecule has 1 nitrogen and oxygen atoms in total. The summed E-state index contributed by atoms with van der Waals surface area (Å²) in [5.41, 5.74) is 0.536. The van der Waals surface area contributed by atoms with Crippen LogP contribution in [0.1, 0.15) is 13.3 Å². The van der Waals surface area contributed by atoms with E-state index in [1.54, 1.807) is 0 Å². The van der Waals surface area contributed by atoms with Crippen LogP contribution in [0.4, 0.5) is 0 Å². The lowest BCUT2D eigenvalue weighted by molar-refractivity contribution is 0.803. The number of hydrogen-bond donors (Lipinski definition) is 1. The summed E-state index contributed by atoms with van der Waals surface area (Å²) in [4.78, 5) is 0. The number of alkyl halides is 1. The van der Waals surface area contributed by atoms with E-state index in [2.05, 4.69) is 6.92 Å². The van der Waals surface area contributed by atoms with Gasteiger partial charge in [-0.25, -0.2) is 0 Å². The molecule has 0 aromatic carbocycles. The lowest BCUT2D eigenvalue weighted by Crippen LogP contribution is -2.09. The minimum Gasteiger partial charge on any atom is -0.308 e. The van der Waals surface area contributed by atoms with E-state index in [1.165, 1.54) is 0 Å². The molecule has 0 spiro atoms. The van der Waals surface area contributed by atoms with Crippen LogP contribution in [-0.2, 0) is 0 Å². The fourth-order valence-corrected chi connectivity index (χ4v) is 0.574. The van der Waals surface area contributed by atoms with E-state index in [0.29, 0.717) is 11.6 Å². The number of rotatable bonds is 3. The Kier molecular flexibility index (Phi) is 8.48. The van der Waals surface area contributed by atoms with E-state index in [-0.39, 0.29) is 18.3 Å². The second kappa shape index (κ2) is 6.37. The molecule has 1 unspecified atom stereocenters. The van der Waals surface area contributed by atoms with Crippen LogP contribution < -0.4 is 0 Å². The van der Waals surface area contributed by atoms with E-state index < -0.39 is 0 Å². The van der Waals surface area contributed by atoms with Crippen LogP contribution in [0.5, 0.6) is 0 Å². The van der Waals surface area contributed by atoms with Crippen LogP contribution >= 0.6 is 24.0 Å². The highest BCUT2D eigenvalue weighted by Crippen LogP contribution is 2.02. The van der Waals surface area contributed by atoms with Crippen LogP contribution in [0.25, 0.3) is 0 Å². The highest BCUT2D eigenvalue weighted by atomic mass is 35.5. The van der Waals surface area contributed by atoms with E-state index in [4.69, 9.17) is 17.0 Å². The second-order valence-electron chi connectivity index (χ2n) is 1.76. The largest absolute Gasteiger partial charge is 0.308 e. The lowest BCUT2D eigenvalue weighted by Gasteiger charge is -2.04. The van der Waals surface area contributed by atoms with Gasteiger partial charge < -0.3 is 5.41 Å². The van der Waals surface area contributed by atoms with Crippen LogP contribution in [0.3, 0.4) is 0 Å². The van der Waals surface area contributed by atoms with Gasteiger partial charge in [0.25, 0.3) is 0 Å². The predicted molar refractivity (Wildman–Crippen MR) is 44.8 cm³/mol. The van der Waals surface area contributed by atoms with Crippen molar-refractivity contribution in [3.05, 3.63) is 6.92 Å². The first kappa shape index (κ1) is 12.0. The molecule has 0 amide bonds. The Morgan fingerprint density at radius 3 is 2.33 bits per heavy atom. The first-order valence-electron chi connectivity index (χ1n) is 2.68. The first-order valence-corrected chi connectivity index (χ1v) is 3.22. The summed E-state index contributed by atoms with van der Waals surface area (Å²) in [6.07, 6.45) is 0.908. The van der Waals surface area contributed by atoms with E-state index in [9.17, 15) is 0 Å². The molecule has 0 fully saturated rings. The normalized spacial score (nSPS) is 11.9. The third-order valence-electron chi connectivity index (χ3n) is 1.13. The van der Waals surface area contributed by atoms with Gasteiger partial charge in [-0.15, -0.1) is 24.0 Å². The van der Waals surface area contributed by atoms with Gasteiger partial charge in [0.2, 0.25) is 0 Å². The van der Waals surface area contributed by atoms with Crippen molar-refractivity contribution in [3.63, 3.8) is 0 Å². The van der Waals surface area contributed by atoms with E-state index >= 15 is 0 Å². The molecular weight excluding hydrogens is 157 g/mol. The molecule has 1 atom stereocenters. The Hall–Kier alpha value is 0.250. The maximum atomic E-state index is 7.15. The fraction of sp³-hybridized carbons (Fsp3) is 0.667. The zero-order valence-electron chi connectivity index (χ0n) is 5.48. The summed E-state index contributed by atoms with van der Waals surface area (Å²) in [6.45, 7) is 5.72.